The number of aromatic nitrogens is 1. The van der Waals surface area contributed by atoms with Gasteiger partial charge in [-0.15, -0.1) is 0 Å². The van der Waals surface area contributed by atoms with Gasteiger partial charge in [-0.05, 0) is 40.2 Å². The average Bonchev–Trinajstić information content (AvgIpc) is 2.50. The van der Waals surface area contributed by atoms with Crippen LogP contribution < -0.4 is 10.3 Å². The first-order valence-electron chi connectivity index (χ1n) is 6.47. The molecule has 0 unspecified atom stereocenters. The molecule has 0 aliphatic heterocycles. The largest absolute Gasteiger partial charge is 0.496 e. The van der Waals surface area contributed by atoms with E-state index < -0.39 is 34.6 Å². The summed E-state index contributed by atoms with van der Waals surface area (Å²) < 4.78 is 44.6. The Morgan fingerprint density at radius 1 is 1.33 bits per heavy atom. The molecule has 4 nitrogen and oxygen atoms in total. The van der Waals surface area contributed by atoms with Crippen molar-refractivity contribution < 1.29 is 22.7 Å². The predicted molar refractivity (Wildman–Crippen MR) is 85.7 cm³/mol. The van der Waals surface area contributed by atoms with Gasteiger partial charge in [0.05, 0.1) is 23.7 Å². The van der Waals surface area contributed by atoms with Crippen molar-refractivity contribution in [3.63, 3.8) is 0 Å². The number of halogens is 5. The van der Waals surface area contributed by atoms with Crippen molar-refractivity contribution in [2.75, 3.05) is 7.11 Å². The lowest BCUT2D eigenvalue weighted by atomic mass is 10.1. The summed E-state index contributed by atoms with van der Waals surface area (Å²) in [6.07, 6.45) is -4.10. The van der Waals surface area contributed by atoms with Crippen LogP contribution in [0.3, 0.4) is 0 Å². The highest BCUT2D eigenvalue weighted by Gasteiger charge is 2.32. The third kappa shape index (κ3) is 3.99. The van der Waals surface area contributed by atoms with Gasteiger partial charge in [-0.2, -0.15) is 13.2 Å². The van der Waals surface area contributed by atoms with Gasteiger partial charge in [0.25, 0.3) is 5.56 Å². The van der Waals surface area contributed by atoms with Crippen molar-refractivity contribution >= 4 is 33.3 Å². The monoisotopic (exact) mass is 423 g/mol. The van der Waals surface area contributed by atoms with Crippen LogP contribution in [0.1, 0.15) is 15.9 Å². The Morgan fingerprint density at radius 3 is 2.54 bits per heavy atom. The number of ketones is 1. The van der Waals surface area contributed by atoms with Crippen LogP contribution in [0, 0.1) is 0 Å². The lowest BCUT2D eigenvalue weighted by Crippen LogP contribution is -2.26. The molecular weight excluding hydrogens is 415 g/mol. The van der Waals surface area contributed by atoms with Crippen LogP contribution in [-0.2, 0) is 12.7 Å². The first-order valence-corrected chi connectivity index (χ1v) is 7.64. The van der Waals surface area contributed by atoms with Gasteiger partial charge in [0.15, 0.2) is 5.78 Å². The van der Waals surface area contributed by atoms with Crippen LogP contribution in [0.25, 0.3) is 0 Å². The minimum atomic E-state index is -4.68. The fourth-order valence-electron chi connectivity index (χ4n) is 1.96. The van der Waals surface area contributed by atoms with Crippen LogP contribution in [-0.4, -0.2) is 17.5 Å². The van der Waals surface area contributed by atoms with Gasteiger partial charge in [-0.1, -0.05) is 11.6 Å². The molecule has 0 atom stereocenters. The molecule has 0 amide bonds. The van der Waals surface area contributed by atoms with E-state index in [9.17, 15) is 22.8 Å². The molecule has 0 aliphatic carbocycles. The van der Waals surface area contributed by atoms with Gasteiger partial charge < -0.3 is 9.30 Å². The Morgan fingerprint density at radius 2 is 2.00 bits per heavy atom. The molecule has 0 aliphatic rings. The van der Waals surface area contributed by atoms with E-state index >= 15 is 0 Å². The van der Waals surface area contributed by atoms with Gasteiger partial charge in [-0.25, -0.2) is 0 Å². The van der Waals surface area contributed by atoms with Gasteiger partial charge in [0.2, 0.25) is 0 Å². The fourth-order valence-corrected chi connectivity index (χ4v) is 2.72. The number of benzene rings is 1. The molecule has 2 rings (SSSR count). The Balaban J connectivity index is 2.37. The van der Waals surface area contributed by atoms with Crippen molar-refractivity contribution in [2.45, 2.75) is 12.7 Å². The zero-order valence-electron chi connectivity index (χ0n) is 12.2. The average molecular weight is 425 g/mol. The quantitative estimate of drug-likeness (QED) is 0.692. The second-order valence-electron chi connectivity index (χ2n) is 4.78. The molecule has 0 N–H and O–H groups in total. The maximum atomic E-state index is 12.8. The van der Waals surface area contributed by atoms with E-state index in [-0.39, 0.29) is 5.56 Å². The molecule has 0 bridgehead atoms. The first-order chi connectivity index (χ1) is 11.1. The molecule has 9 heteroatoms. The van der Waals surface area contributed by atoms with Crippen LogP contribution in [0.2, 0.25) is 5.02 Å². The number of nitrogens with zero attached hydrogens (tertiary/aromatic N) is 1. The zero-order chi connectivity index (χ0) is 18.1. The summed E-state index contributed by atoms with van der Waals surface area (Å²) >= 11 is 8.76. The highest BCUT2D eigenvalue weighted by molar-refractivity contribution is 9.10. The topological polar surface area (TPSA) is 48.3 Å². The highest BCUT2D eigenvalue weighted by atomic mass is 79.9. The molecule has 0 saturated carbocycles. The van der Waals surface area contributed by atoms with E-state index in [0.717, 1.165) is 0 Å². The third-order valence-corrected chi connectivity index (χ3v) is 4.05. The molecule has 1 heterocycles. The fraction of sp³-hybridized carbons (Fsp3) is 0.200. The molecule has 1 aromatic carbocycles. The van der Waals surface area contributed by atoms with Crippen molar-refractivity contribution in [3.8, 4) is 5.75 Å². The van der Waals surface area contributed by atoms with Crippen molar-refractivity contribution in [1.29, 1.82) is 0 Å². The Kier molecular flexibility index (Phi) is 5.39. The number of carbonyl (C=O) groups excluding carboxylic acids is 1. The number of carbonyl (C=O) groups is 1. The van der Waals surface area contributed by atoms with E-state index in [1.54, 1.807) is 0 Å². The number of methoxy groups -OCH3 is 1. The van der Waals surface area contributed by atoms with E-state index in [2.05, 4.69) is 15.9 Å². The lowest BCUT2D eigenvalue weighted by Gasteiger charge is -2.12. The SMILES string of the molecule is COc1ccc(C(=O)Cn2cc(C(F)(F)F)cc(Cl)c2=O)cc1Br. The van der Waals surface area contributed by atoms with Gasteiger partial charge >= 0.3 is 6.18 Å². The second-order valence-corrected chi connectivity index (χ2v) is 6.04. The summed E-state index contributed by atoms with van der Waals surface area (Å²) in [5.74, 6) is -0.0540. The predicted octanol–water partition coefficient (Wildman–Crippen LogP) is 4.17. The molecular formula is C15H10BrClF3NO3. The molecule has 0 radical (unpaired) electrons. The maximum absolute atomic E-state index is 12.8. The van der Waals surface area contributed by atoms with Crippen LogP contribution in [0.5, 0.6) is 5.75 Å². The zero-order valence-corrected chi connectivity index (χ0v) is 14.5. The maximum Gasteiger partial charge on any atom is 0.417 e. The summed E-state index contributed by atoms with van der Waals surface area (Å²) in [6.45, 7) is -0.568. The summed E-state index contributed by atoms with van der Waals surface area (Å²) in [6, 6.07) is 4.97. The number of rotatable bonds is 4. The summed E-state index contributed by atoms with van der Waals surface area (Å²) in [5, 5.41) is -0.603. The van der Waals surface area contributed by atoms with Crippen LogP contribution in [0.4, 0.5) is 13.2 Å². The van der Waals surface area contributed by atoms with Crippen LogP contribution >= 0.6 is 27.5 Å². The van der Waals surface area contributed by atoms with E-state index in [4.69, 9.17) is 16.3 Å². The Bertz CT molecular complexity index is 849. The smallest absolute Gasteiger partial charge is 0.417 e. The number of Topliss-reactive ketones (excluding diaryl/α,β-unsaturated/α-hetero) is 1. The number of alkyl halides is 3. The highest BCUT2D eigenvalue weighted by Crippen LogP contribution is 2.30. The van der Waals surface area contributed by atoms with E-state index in [1.807, 2.05) is 0 Å². The molecule has 0 saturated heterocycles. The van der Waals surface area contributed by atoms with Gasteiger partial charge in [0, 0.05) is 11.8 Å². The minimum absolute atomic E-state index is 0.211. The van der Waals surface area contributed by atoms with Gasteiger partial charge in [-0.3, -0.25) is 9.59 Å². The van der Waals surface area contributed by atoms with Gasteiger partial charge in [0.1, 0.15) is 10.8 Å². The molecule has 24 heavy (non-hydrogen) atoms. The summed E-state index contributed by atoms with van der Waals surface area (Å²) in [5.41, 5.74) is -1.76. The number of ether oxygens (including phenoxy) is 1. The standard InChI is InChI=1S/C15H10BrClF3NO3/c1-24-13-3-2-8(4-10(13)16)12(22)7-21-6-9(15(18,19)20)5-11(17)14(21)23/h2-6H,7H2,1H3. The molecule has 128 valence electrons. The van der Waals surface area contributed by atoms with Crippen molar-refractivity contribution in [3.05, 3.63) is 61.4 Å². The van der Waals surface area contributed by atoms with E-state index in [1.165, 1.54) is 25.3 Å². The molecule has 1 aromatic heterocycles. The second kappa shape index (κ2) is 6.98. The number of pyridine rings is 1. The molecule has 0 fully saturated rings. The molecule has 2 aromatic rings. The first kappa shape index (κ1) is 18.5. The number of hydrogen-bond acceptors (Lipinski definition) is 3. The Hall–Kier alpha value is -1.80. The molecule has 0 spiro atoms. The number of hydrogen-bond donors (Lipinski definition) is 0. The van der Waals surface area contributed by atoms with Crippen molar-refractivity contribution in [2.24, 2.45) is 0 Å². The normalized spacial score (nSPS) is 11.4. The van der Waals surface area contributed by atoms with E-state index in [0.29, 0.717) is 27.1 Å². The van der Waals surface area contributed by atoms with Crippen LogP contribution in [0.15, 0.2) is 39.7 Å². The minimum Gasteiger partial charge on any atom is -0.496 e. The summed E-state index contributed by atoms with van der Waals surface area (Å²) in [7, 11) is 1.45. The third-order valence-electron chi connectivity index (χ3n) is 3.16. The Labute approximate surface area is 147 Å². The lowest BCUT2D eigenvalue weighted by molar-refractivity contribution is -0.138. The summed E-state index contributed by atoms with van der Waals surface area (Å²) in [4.78, 5) is 24.1. The van der Waals surface area contributed by atoms with Crippen molar-refractivity contribution in [1.82, 2.24) is 4.57 Å².